The van der Waals surface area contributed by atoms with E-state index in [0.29, 0.717) is 16.5 Å². The summed E-state index contributed by atoms with van der Waals surface area (Å²) in [6.07, 6.45) is 0.768. The highest BCUT2D eigenvalue weighted by Gasteiger charge is 2.19. The van der Waals surface area contributed by atoms with Gasteiger partial charge in [-0.25, -0.2) is 0 Å². The quantitative estimate of drug-likeness (QED) is 0.849. The van der Waals surface area contributed by atoms with E-state index in [1.54, 1.807) is 18.2 Å². The molecule has 2 rings (SSSR count). The number of para-hydroxylation sites is 1. The summed E-state index contributed by atoms with van der Waals surface area (Å²) in [4.78, 5) is 26.0. The molecule has 5 nitrogen and oxygen atoms in total. The van der Waals surface area contributed by atoms with Gasteiger partial charge in [0, 0.05) is 17.6 Å². The van der Waals surface area contributed by atoms with Crippen LogP contribution in [0.1, 0.15) is 19.4 Å². The predicted octanol–water partition coefficient (Wildman–Crippen LogP) is 3.90. The van der Waals surface area contributed by atoms with Crippen molar-refractivity contribution in [3.05, 3.63) is 53.1 Å². The molecule has 0 heterocycles. The largest absolute Gasteiger partial charge is 0.495 e. The second kappa shape index (κ2) is 8.53. The summed E-state index contributed by atoms with van der Waals surface area (Å²) < 4.78 is 5.22. The summed E-state index contributed by atoms with van der Waals surface area (Å²) in [5.74, 6) is -0.0307. The van der Waals surface area contributed by atoms with Crippen LogP contribution >= 0.6 is 11.6 Å². The van der Waals surface area contributed by atoms with E-state index in [1.165, 1.54) is 18.9 Å². The number of nitrogens with zero attached hydrogens (tertiary/aromatic N) is 1. The number of amides is 2. The molecule has 2 amide bonds. The normalized spacial score (nSPS) is 10.2. The number of carbonyl (C=O) groups excluding carboxylic acids is 2. The fourth-order valence-corrected chi connectivity index (χ4v) is 2.72. The van der Waals surface area contributed by atoms with E-state index >= 15 is 0 Å². The molecule has 25 heavy (non-hydrogen) atoms. The van der Waals surface area contributed by atoms with Crippen molar-refractivity contribution < 1.29 is 14.3 Å². The maximum absolute atomic E-state index is 12.5. The minimum Gasteiger partial charge on any atom is -0.495 e. The average molecular weight is 361 g/mol. The molecule has 0 aromatic heterocycles. The third-order valence-electron chi connectivity index (χ3n) is 3.78. The number of aryl methyl sites for hydroxylation is 1. The summed E-state index contributed by atoms with van der Waals surface area (Å²) in [6, 6.07) is 12.5. The number of hydrogen-bond acceptors (Lipinski definition) is 3. The van der Waals surface area contributed by atoms with Crippen molar-refractivity contribution in [3.63, 3.8) is 0 Å². The molecule has 1 N–H and O–H groups in total. The molecule has 2 aromatic carbocycles. The second-order valence-electron chi connectivity index (χ2n) is 5.48. The van der Waals surface area contributed by atoms with Gasteiger partial charge in [0.25, 0.3) is 0 Å². The van der Waals surface area contributed by atoms with E-state index in [2.05, 4.69) is 5.32 Å². The van der Waals surface area contributed by atoms with Gasteiger partial charge in [0.15, 0.2) is 0 Å². The van der Waals surface area contributed by atoms with E-state index < -0.39 is 0 Å². The first-order valence-electron chi connectivity index (χ1n) is 7.95. The number of benzene rings is 2. The van der Waals surface area contributed by atoms with Gasteiger partial charge in [-0.05, 0) is 36.2 Å². The number of carbonyl (C=O) groups is 2. The van der Waals surface area contributed by atoms with Crippen LogP contribution in [0.25, 0.3) is 0 Å². The Labute approximate surface area is 152 Å². The van der Waals surface area contributed by atoms with Crippen LogP contribution in [-0.4, -0.2) is 25.5 Å². The van der Waals surface area contributed by atoms with Crippen LogP contribution < -0.4 is 15.0 Å². The predicted molar refractivity (Wildman–Crippen MR) is 100 cm³/mol. The molecule has 132 valence electrons. The number of anilines is 2. The minimum absolute atomic E-state index is 0.0952. The molecule has 0 atom stereocenters. The third kappa shape index (κ3) is 4.73. The number of ether oxygens (including phenoxy) is 1. The molecule has 0 radical (unpaired) electrons. The first-order valence-corrected chi connectivity index (χ1v) is 8.33. The molecule has 0 aliphatic heterocycles. The highest BCUT2D eigenvalue weighted by atomic mass is 35.5. The highest BCUT2D eigenvalue weighted by molar-refractivity contribution is 6.31. The molecule has 0 saturated carbocycles. The molecule has 0 bridgehead atoms. The van der Waals surface area contributed by atoms with E-state index in [4.69, 9.17) is 16.3 Å². The smallest absolute Gasteiger partial charge is 0.244 e. The first-order chi connectivity index (χ1) is 12.0. The van der Waals surface area contributed by atoms with E-state index in [9.17, 15) is 9.59 Å². The lowest BCUT2D eigenvalue weighted by Crippen LogP contribution is -2.37. The van der Waals surface area contributed by atoms with Crippen LogP contribution in [0, 0.1) is 0 Å². The van der Waals surface area contributed by atoms with Gasteiger partial charge in [-0.15, -0.1) is 0 Å². The maximum atomic E-state index is 12.5. The summed E-state index contributed by atoms with van der Waals surface area (Å²) >= 11 is 5.98. The Kier molecular flexibility index (Phi) is 6.42. The van der Waals surface area contributed by atoms with Gasteiger partial charge < -0.3 is 15.0 Å². The summed E-state index contributed by atoms with van der Waals surface area (Å²) in [5, 5.41) is 3.23. The van der Waals surface area contributed by atoms with Gasteiger partial charge in [0.2, 0.25) is 11.8 Å². The summed E-state index contributed by atoms with van der Waals surface area (Å²) in [5.41, 5.74) is 2.21. The lowest BCUT2D eigenvalue weighted by molar-refractivity contribution is -0.120. The average Bonchev–Trinajstić information content (AvgIpc) is 2.59. The third-order valence-corrected chi connectivity index (χ3v) is 4.02. The number of hydrogen-bond donors (Lipinski definition) is 1. The lowest BCUT2D eigenvalue weighted by Gasteiger charge is -2.23. The Morgan fingerprint density at radius 2 is 1.92 bits per heavy atom. The van der Waals surface area contributed by atoms with Crippen LogP contribution in [-0.2, 0) is 16.0 Å². The number of halogens is 1. The fourth-order valence-electron chi connectivity index (χ4n) is 2.55. The van der Waals surface area contributed by atoms with Crippen LogP contribution in [0.2, 0.25) is 5.02 Å². The molecule has 0 fully saturated rings. The van der Waals surface area contributed by atoms with Gasteiger partial charge in [-0.1, -0.05) is 36.7 Å². The fraction of sp³-hybridized carbons (Fsp3) is 0.263. The maximum Gasteiger partial charge on any atom is 0.244 e. The molecule has 0 unspecified atom stereocenters. The van der Waals surface area contributed by atoms with Crippen molar-refractivity contribution in [2.45, 2.75) is 20.3 Å². The highest BCUT2D eigenvalue weighted by Crippen LogP contribution is 2.28. The van der Waals surface area contributed by atoms with E-state index in [0.717, 1.165) is 17.7 Å². The monoisotopic (exact) mass is 360 g/mol. The molecule has 0 saturated heterocycles. The Balaban J connectivity index is 2.22. The minimum atomic E-state index is -0.332. The van der Waals surface area contributed by atoms with Crippen LogP contribution in [0.15, 0.2) is 42.5 Å². The zero-order valence-corrected chi connectivity index (χ0v) is 15.3. The van der Waals surface area contributed by atoms with Crippen LogP contribution in [0.3, 0.4) is 0 Å². The van der Waals surface area contributed by atoms with Crippen molar-refractivity contribution in [1.29, 1.82) is 0 Å². The van der Waals surface area contributed by atoms with Crippen molar-refractivity contribution in [2.75, 3.05) is 23.9 Å². The number of rotatable bonds is 6. The number of methoxy groups -OCH3 is 1. The first kappa shape index (κ1) is 18.8. The lowest BCUT2D eigenvalue weighted by atomic mass is 10.1. The second-order valence-corrected chi connectivity index (χ2v) is 5.92. The van der Waals surface area contributed by atoms with Gasteiger partial charge >= 0.3 is 0 Å². The Morgan fingerprint density at radius 1 is 1.20 bits per heavy atom. The zero-order chi connectivity index (χ0) is 18.4. The Hall–Kier alpha value is -2.53. The van der Waals surface area contributed by atoms with Crippen molar-refractivity contribution in [3.8, 4) is 5.75 Å². The van der Waals surface area contributed by atoms with Gasteiger partial charge in [-0.2, -0.15) is 0 Å². The Morgan fingerprint density at radius 3 is 2.56 bits per heavy atom. The standard InChI is InChI=1S/C19H21ClN2O3/c1-4-14-7-5-6-8-17(14)22(13(2)23)12-19(24)21-16-11-15(20)9-10-18(16)25-3/h5-11H,4,12H2,1-3H3,(H,21,24). The molecular weight excluding hydrogens is 340 g/mol. The summed E-state index contributed by atoms with van der Waals surface area (Å²) in [7, 11) is 1.51. The van der Waals surface area contributed by atoms with Crippen molar-refractivity contribution in [2.24, 2.45) is 0 Å². The van der Waals surface area contributed by atoms with Crippen LogP contribution in [0.5, 0.6) is 5.75 Å². The van der Waals surface area contributed by atoms with Crippen molar-refractivity contribution >= 4 is 34.8 Å². The SMILES string of the molecule is CCc1ccccc1N(CC(=O)Nc1cc(Cl)ccc1OC)C(C)=O. The number of nitrogens with one attached hydrogen (secondary N) is 1. The molecule has 2 aromatic rings. The topological polar surface area (TPSA) is 58.6 Å². The van der Waals surface area contributed by atoms with Crippen molar-refractivity contribution in [1.82, 2.24) is 0 Å². The molecule has 6 heteroatoms. The molecule has 0 aliphatic rings. The van der Waals surface area contributed by atoms with E-state index in [1.807, 2.05) is 31.2 Å². The van der Waals surface area contributed by atoms with Gasteiger partial charge in [0.05, 0.1) is 12.8 Å². The Bertz CT molecular complexity index is 777. The van der Waals surface area contributed by atoms with Gasteiger partial charge in [-0.3, -0.25) is 9.59 Å². The molecule has 0 spiro atoms. The van der Waals surface area contributed by atoms with Crippen LogP contribution in [0.4, 0.5) is 11.4 Å². The molecule has 0 aliphatic carbocycles. The van der Waals surface area contributed by atoms with Gasteiger partial charge in [0.1, 0.15) is 12.3 Å². The summed E-state index contributed by atoms with van der Waals surface area (Å²) in [6.45, 7) is 3.36. The van der Waals surface area contributed by atoms with E-state index in [-0.39, 0.29) is 18.4 Å². The molecular formula is C19H21ClN2O3. The zero-order valence-electron chi connectivity index (χ0n) is 14.5.